The molecule has 1 amide bonds. The van der Waals surface area contributed by atoms with Crippen LogP contribution in [-0.2, 0) is 0 Å². The van der Waals surface area contributed by atoms with Gasteiger partial charge in [-0.05, 0) is 65.8 Å². The average Bonchev–Trinajstić information content (AvgIpc) is 3.22. The summed E-state index contributed by atoms with van der Waals surface area (Å²) < 4.78 is 1.57. The Morgan fingerprint density at radius 3 is 2.72 bits per heavy atom. The molecule has 0 radical (unpaired) electrons. The first kappa shape index (κ1) is 18.2. The van der Waals surface area contributed by atoms with Gasteiger partial charge >= 0.3 is 0 Å². The van der Waals surface area contributed by atoms with Gasteiger partial charge in [0.2, 0.25) is 0 Å². The molecule has 0 saturated carbocycles. The summed E-state index contributed by atoms with van der Waals surface area (Å²) >= 11 is 0. The number of hydrogen-bond acceptors (Lipinski definition) is 5. The molecule has 2 saturated heterocycles. The average molecular weight is 390 g/mol. The second kappa shape index (κ2) is 7.22. The molecule has 7 heteroatoms. The Bertz CT molecular complexity index is 1010. The minimum Gasteiger partial charge on any atom is -0.339 e. The molecule has 0 N–H and O–H groups in total. The van der Waals surface area contributed by atoms with E-state index in [1.807, 2.05) is 4.90 Å². The first-order chi connectivity index (χ1) is 14.1. The Labute approximate surface area is 170 Å². The maximum Gasteiger partial charge on any atom is 0.254 e. The summed E-state index contributed by atoms with van der Waals surface area (Å²) in [4.78, 5) is 17.5. The molecular weight excluding hydrogens is 364 g/mol. The van der Waals surface area contributed by atoms with Crippen LogP contribution < -0.4 is 0 Å². The number of tetrazole rings is 1. The van der Waals surface area contributed by atoms with Gasteiger partial charge in [-0.1, -0.05) is 30.3 Å². The van der Waals surface area contributed by atoms with Crippen LogP contribution in [0.15, 0.2) is 48.7 Å². The number of likely N-dealkylation sites (tertiary alicyclic amines) is 2. The first-order valence-electron chi connectivity index (χ1n) is 10.3. The van der Waals surface area contributed by atoms with Crippen molar-refractivity contribution >= 4 is 11.6 Å². The van der Waals surface area contributed by atoms with Gasteiger partial charge in [-0.25, -0.2) is 4.52 Å². The van der Waals surface area contributed by atoms with Crippen molar-refractivity contribution in [3.8, 4) is 0 Å². The van der Waals surface area contributed by atoms with E-state index in [9.17, 15) is 4.79 Å². The zero-order valence-corrected chi connectivity index (χ0v) is 16.7. The molecule has 1 atom stereocenters. The molecule has 29 heavy (non-hydrogen) atoms. The SMILES string of the molecule is CN1C[C@H](c2ccccc2)CC2(CCN(C(=O)c3ccn4nnnc4c3)CC2)C1. The molecule has 5 rings (SSSR count). The van der Waals surface area contributed by atoms with Gasteiger partial charge in [-0.2, -0.15) is 0 Å². The third-order valence-corrected chi connectivity index (χ3v) is 6.64. The number of carbonyl (C=O) groups is 1. The number of benzene rings is 1. The molecular formula is C22H26N6O. The highest BCUT2D eigenvalue weighted by Gasteiger charge is 2.42. The Morgan fingerprint density at radius 2 is 1.93 bits per heavy atom. The van der Waals surface area contributed by atoms with E-state index in [2.05, 4.69) is 57.8 Å². The molecule has 2 aromatic heterocycles. The highest BCUT2D eigenvalue weighted by Crippen LogP contribution is 2.44. The number of nitrogens with zero attached hydrogens (tertiary/aromatic N) is 6. The second-order valence-electron chi connectivity index (χ2n) is 8.70. The van der Waals surface area contributed by atoms with Gasteiger partial charge in [0.25, 0.3) is 5.91 Å². The standard InChI is InChI=1S/C22H26N6O/c1-26-15-19(17-5-3-2-4-6-17)14-22(16-26)8-11-27(12-9-22)21(29)18-7-10-28-20(13-18)23-24-25-28/h2-7,10,13,19H,8-9,11-12,14-16H2,1H3/t19-/m1/s1. The molecule has 2 aliphatic rings. The first-order valence-corrected chi connectivity index (χ1v) is 10.3. The van der Waals surface area contributed by atoms with Crippen LogP contribution in [0.3, 0.4) is 0 Å². The third kappa shape index (κ3) is 3.51. The molecule has 0 bridgehead atoms. The number of fused-ring (bicyclic) bond motifs is 1. The van der Waals surface area contributed by atoms with E-state index >= 15 is 0 Å². The topological polar surface area (TPSA) is 66.6 Å². The van der Waals surface area contributed by atoms with Gasteiger partial charge in [-0.3, -0.25) is 4.79 Å². The van der Waals surface area contributed by atoms with Crippen molar-refractivity contribution in [2.75, 3.05) is 33.2 Å². The highest BCUT2D eigenvalue weighted by molar-refractivity contribution is 5.95. The Morgan fingerprint density at radius 1 is 1.14 bits per heavy atom. The number of likely N-dealkylation sites (N-methyl/N-ethyl adjacent to an activating group) is 1. The fourth-order valence-corrected chi connectivity index (χ4v) is 5.22. The lowest BCUT2D eigenvalue weighted by molar-refractivity contribution is 0.0224. The zero-order valence-electron chi connectivity index (χ0n) is 16.7. The normalized spacial score (nSPS) is 22.2. The molecule has 7 nitrogen and oxygen atoms in total. The Hall–Kier alpha value is -2.80. The molecule has 2 fully saturated rings. The third-order valence-electron chi connectivity index (χ3n) is 6.64. The number of pyridine rings is 1. The van der Waals surface area contributed by atoms with Gasteiger partial charge in [0.15, 0.2) is 5.65 Å². The van der Waals surface area contributed by atoms with E-state index in [1.165, 1.54) is 12.0 Å². The van der Waals surface area contributed by atoms with Gasteiger partial charge < -0.3 is 9.80 Å². The lowest BCUT2D eigenvalue weighted by atomic mass is 9.68. The van der Waals surface area contributed by atoms with Gasteiger partial charge in [0.1, 0.15) is 0 Å². The van der Waals surface area contributed by atoms with Crippen LogP contribution in [0.4, 0.5) is 0 Å². The van der Waals surface area contributed by atoms with Gasteiger partial charge in [0, 0.05) is 37.9 Å². The maximum absolute atomic E-state index is 13.0. The molecule has 150 valence electrons. The molecule has 0 aliphatic carbocycles. The van der Waals surface area contributed by atoms with Crippen LogP contribution in [-0.4, -0.2) is 69.0 Å². The zero-order chi connectivity index (χ0) is 19.8. The lowest BCUT2D eigenvalue weighted by Crippen LogP contribution is -2.51. The van der Waals surface area contributed by atoms with Crippen LogP contribution in [0, 0.1) is 5.41 Å². The van der Waals surface area contributed by atoms with Crippen LogP contribution in [0.1, 0.15) is 41.1 Å². The molecule has 3 aromatic rings. The summed E-state index contributed by atoms with van der Waals surface area (Å²) in [7, 11) is 2.23. The van der Waals surface area contributed by atoms with E-state index in [0.717, 1.165) is 39.0 Å². The van der Waals surface area contributed by atoms with Crippen LogP contribution in [0.25, 0.3) is 5.65 Å². The quantitative estimate of drug-likeness (QED) is 0.673. The van der Waals surface area contributed by atoms with Crippen LogP contribution >= 0.6 is 0 Å². The minimum absolute atomic E-state index is 0.0779. The predicted octanol–water partition coefficient (Wildman–Crippen LogP) is 2.47. The summed E-state index contributed by atoms with van der Waals surface area (Å²) in [6.07, 6.45) is 5.07. The van der Waals surface area contributed by atoms with E-state index in [1.54, 1.807) is 22.8 Å². The summed E-state index contributed by atoms with van der Waals surface area (Å²) in [5, 5.41) is 11.4. The number of piperidine rings is 2. The highest BCUT2D eigenvalue weighted by atomic mass is 16.2. The summed E-state index contributed by atoms with van der Waals surface area (Å²) in [6.45, 7) is 3.85. The fourth-order valence-electron chi connectivity index (χ4n) is 5.22. The molecule has 1 aromatic carbocycles. The van der Waals surface area contributed by atoms with E-state index < -0.39 is 0 Å². The molecule has 4 heterocycles. The van der Waals surface area contributed by atoms with E-state index in [0.29, 0.717) is 22.5 Å². The molecule has 0 unspecified atom stereocenters. The van der Waals surface area contributed by atoms with Crippen molar-refractivity contribution in [2.24, 2.45) is 5.41 Å². The minimum atomic E-state index is 0.0779. The largest absolute Gasteiger partial charge is 0.339 e. The molecule has 2 aliphatic heterocycles. The fraction of sp³-hybridized carbons (Fsp3) is 0.455. The number of aromatic nitrogens is 4. The Balaban J connectivity index is 1.29. The van der Waals surface area contributed by atoms with E-state index in [4.69, 9.17) is 0 Å². The van der Waals surface area contributed by atoms with Crippen molar-refractivity contribution in [2.45, 2.75) is 25.2 Å². The summed E-state index contributed by atoms with van der Waals surface area (Å²) in [5.41, 5.74) is 2.99. The van der Waals surface area contributed by atoms with Gasteiger partial charge in [-0.15, -0.1) is 5.10 Å². The Kier molecular flexibility index (Phi) is 4.54. The molecule has 1 spiro atoms. The van der Waals surface area contributed by atoms with Crippen molar-refractivity contribution < 1.29 is 4.79 Å². The van der Waals surface area contributed by atoms with Crippen LogP contribution in [0.5, 0.6) is 0 Å². The maximum atomic E-state index is 13.0. The smallest absolute Gasteiger partial charge is 0.254 e. The number of hydrogen-bond donors (Lipinski definition) is 0. The lowest BCUT2D eigenvalue weighted by Gasteiger charge is -2.49. The number of rotatable bonds is 2. The predicted molar refractivity (Wildman–Crippen MR) is 110 cm³/mol. The monoisotopic (exact) mass is 390 g/mol. The van der Waals surface area contributed by atoms with Crippen molar-refractivity contribution in [3.05, 3.63) is 59.8 Å². The van der Waals surface area contributed by atoms with Crippen molar-refractivity contribution in [1.82, 2.24) is 29.8 Å². The number of carbonyl (C=O) groups excluding carboxylic acids is 1. The van der Waals surface area contributed by atoms with Gasteiger partial charge in [0.05, 0.1) is 0 Å². The number of amides is 1. The summed E-state index contributed by atoms with van der Waals surface area (Å²) in [5.74, 6) is 0.647. The second-order valence-corrected chi connectivity index (χ2v) is 8.70. The van der Waals surface area contributed by atoms with Crippen molar-refractivity contribution in [3.63, 3.8) is 0 Å². The van der Waals surface area contributed by atoms with E-state index in [-0.39, 0.29) is 5.91 Å². The van der Waals surface area contributed by atoms with Crippen LogP contribution in [0.2, 0.25) is 0 Å². The van der Waals surface area contributed by atoms with Crippen molar-refractivity contribution in [1.29, 1.82) is 0 Å². The summed E-state index contributed by atoms with van der Waals surface area (Å²) in [6, 6.07) is 14.4.